The quantitative estimate of drug-likeness (QED) is 0.715. The molecule has 4 heteroatoms. The monoisotopic (exact) mass is 213 g/mol. The van der Waals surface area contributed by atoms with Crippen molar-refractivity contribution in [3.8, 4) is 0 Å². The zero-order chi connectivity index (χ0) is 9.97. The van der Waals surface area contributed by atoms with Crippen LogP contribution in [-0.4, -0.2) is 28.5 Å². The number of nitrogens with zero attached hydrogens (tertiary/aromatic N) is 3. The highest BCUT2D eigenvalue weighted by Gasteiger charge is 2.23. The van der Waals surface area contributed by atoms with Crippen molar-refractivity contribution in [1.82, 2.24) is 9.55 Å². The van der Waals surface area contributed by atoms with Crippen molar-refractivity contribution in [2.24, 2.45) is 13.0 Å². The van der Waals surface area contributed by atoms with Gasteiger partial charge in [-0.2, -0.15) is 0 Å². The summed E-state index contributed by atoms with van der Waals surface area (Å²) in [6.45, 7) is 2.23. The predicted molar refractivity (Wildman–Crippen MR) is 58.9 cm³/mol. The van der Waals surface area contributed by atoms with E-state index in [0.29, 0.717) is 0 Å². The summed E-state index contributed by atoms with van der Waals surface area (Å²) in [5.41, 5.74) is 0. The topological polar surface area (TPSA) is 21.1 Å². The summed E-state index contributed by atoms with van der Waals surface area (Å²) >= 11 is 5.75. The van der Waals surface area contributed by atoms with Crippen LogP contribution in [0.25, 0.3) is 0 Å². The third-order valence-electron chi connectivity index (χ3n) is 2.88. The lowest BCUT2D eigenvalue weighted by molar-refractivity contribution is 0.571. The van der Waals surface area contributed by atoms with Crippen molar-refractivity contribution in [2.75, 3.05) is 23.9 Å². The fraction of sp³-hybridized carbons (Fsp3) is 0.700. The SMILES string of the molecule is Cn1ccnc1N1CCC(CCCl)C1. The fourth-order valence-electron chi connectivity index (χ4n) is 2.07. The van der Waals surface area contributed by atoms with E-state index < -0.39 is 0 Å². The number of imidazole rings is 1. The molecule has 14 heavy (non-hydrogen) atoms. The second-order valence-electron chi connectivity index (χ2n) is 3.92. The van der Waals surface area contributed by atoms with E-state index in [9.17, 15) is 0 Å². The summed E-state index contributed by atoms with van der Waals surface area (Å²) in [7, 11) is 2.04. The van der Waals surface area contributed by atoms with Gasteiger partial charge in [-0.15, -0.1) is 11.6 Å². The van der Waals surface area contributed by atoms with Crippen LogP contribution in [0.4, 0.5) is 5.95 Å². The van der Waals surface area contributed by atoms with E-state index in [-0.39, 0.29) is 0 Å². The van der Waals surface area contributed by atoms with Crippen LogP contribution in [0.3, 0.4) is 0 Å². The van der Waals surface area contributed by atoms with Gasteiger partial charge in [0, 0.05) is 38.4 Å². The molecule has 2 heterocycles. The van der Waals surface area contributed by atoms with Gasteiger partial charge in [0.1, 0.15) is 0 Å². The summed E-state index contributed by atoms with van der Waals surface area (Å²) in [6.07, 6.45) is 6.22. The van der Waals surface area contributed by atoms with Crippen molar-refractivity contribution < 1.29 is 0 Å². The molecule has 0 saturated carbocycles. The third kappa shape index (κ3) is 1.87. The van der Waals surface area contributed by atoms with E-state index in [1.807, 2.05) is 19.4 Å². The van der Waals surface area contributed by atoms with Crippen LogP contribution in [0.5, 0.6) is 0 Å². The van der Waals surface area contributed by atoms with Gasteiger partial charge in [-0.25, -0.2) is 4.98 Å². The zero-order valence-corrected chi connectivity index (χ0v) is 9.24. The number of alkyl halides is 1. The molecule has 0 aromatic carbocycles. The molecule has 1 fully saturated rings. The molecule has 3 nitrogen and oxygen atoms in total. The van der Waals surface area contributed by atoms with Gasteiger partial charge in [0.15, 0.2) is 0 Å². The van der Waals surface area contributed by atoms with Crippen LogP contribution in [0.15, 0.2) is 12.4 Å². The second-order valence-corrected chi connectivity index (χ2v) is 4.29. The van der Waals surface area contributed by atoms with Crippen molar-refractivity contribution in [3.63, 3.8) is 0 Å². The predicted octanol–water partition coefficient (Wildman–Crippen LogP) is 1.88. The summed E-state index contributed by atoms with van der Waals surface area (Å²) in [4.78, 5) is 6.69. The number of halogens is 1. The lowest BCUT2D eigenvalue weighted by atomic mass is 10.1. The van der Waals surface area contributed by atoms with Crippen LogP contribution in [-0.2, 0) is 7.05 Å². The molecule has 0 N–H and O–H groups in total. The molecule has 1 unspecified atom stereocenters. The first-order valence-corrected chi connectivity index (χ1v) is 5.63. The van der Waals surface area contributed by atoms with Gasteiger partial charge in [-0.1, -0.05) is 0 Å². The molecule has 0 bridgehead atoms. The number of aryl methyl sites for hydroxylation is 1. The van der Waals surface area contributed by atoms with Gasteiger partial charge in [0.2, 0.25) is 5.95 Å². The largest absolute Gasteiger partial charge is 0.342 e. The van der Waals surface area contributed by atoms with E-state index in [1.165, 1.54) is 6.42 Å². The third-order valence-corrected chi connectivity index (χ3v) is 3.10. The summed E-state index contributed by atoms with van der Waals surface area (Å²) < 4.78 is 2.07. The molecule has 0 aliphatic carbocycles. The molecule has 1 aliphatic heterocycles. The van der Waals surface area contributed by atoms with E-state index in [2.05, 4.69) is 14.5 Å². The normalized spacial score (nSPS) is 21.9. The smallest absolute Gasteiger partial charge is 0.205 e. The van der Waals surface area contributed by atoms with Gasteiger partial charge in [-0.3, -0.25) is 0 Å². The standard InChI is InChI=1S/C10H16ClN3/c1-13-7-5-12-10(13)14-6-3-9(8-14)2-4-11/h5,7,9H,2-4,6,8H2,1H3. The minimum absolute atomic E-state index is 0.754. The zero-order valence-electron chi connectivity index (χ0n) is 8.49. The lowest BCUT2D eigenvalue weighted by Gasteiger charge is -2.17. The van der Waals surface area contributed by atoms with Crippen molar-refractivity contribution in [1.29, 1.82) is 0 Å². The Labute approximate surface area is 89.7 Å². The Morgan fingerprint density at radius 2 is 2.50 bits per heavy atom. The molecule has 2 rings (SSSR count). The molecule has 0 spiro atoms. The van der Waals surface area contributed by atoms with E-state index >= 15 is 0 Å². The van der Waals surface area contributed by atoms with Crippen LogP contribution < -0.4 is 4.90 Å². The highest BCUT2D eigenvalue weighted by atomic mass is 35.5. The second kappa shape index (κ2) is 4.22. The van der Waals surface area contributed by atoms with Crippen LogP contribution in [0.2, 0.25) is 0 Å². The van der Waals surface area contributed by atoms with Crippen LogP contribution >= 0.6 is 11.6 Å². The Kier molecular flexibility index (Phi) is 2.96. The van der Waals surface area contributed by atoms with Gasteiger partial charge >= 0.3 is 0 Å². The molecule has 1 aromatic rings. The Hall–Kier alpha value is -0.700. The maximum atomic E-state index is 5.75. The maximum Gasteiger partial charge on any atom is 0.205 e. The van der Waals surface area contributed by atoms with E-state index in [1.54, 1.807) is 0 Å². The van der Waals surface area contributed by atoms with Crippen molar-refractivity contribution >= 4 is 17.5 Å². The molecule has 78 valence electrons. The van der Waals surface area contributed by atoms with Gasteiger partial charge in [-0.05, 0) is 18.8 Å². The molecule has 0 radical (unpaired) electrons. The number of anilines is 1. The summed E-state index contributed by atoms with van der Waals surface area (Å²) in [5, 5.41) is 0. The van der Waals surface area contributed by atoms with Gasteiger partial charge in [0.25, 0.3) is 0 Å². The number of rotatable bonds is 3. The first-order chi connectivity index (χ1) is 6.81. The minimum atomic E-state index is 0.754. The molecule has 1 aliphatic rings. The van der Waals surface area contributed by atoms with Crippen LogP contribution in [0.1, 0.15) is 12.8 Å². The summed E-state index contributed by atoms with van der Waals surface area (Å²) in [5.74, 6) is 2.62. The minimum Gasteiger partial charge on any atom is -0.342 e. The first kappa shape index (κ1) is 9.84. The molecular formula is C10H16ClN3. The van der Waals surface area contributed by atoms with E-state index in [4.69, 9.17) is 11.6 Å². The molecular weight excluding hydrogens is 198 g/mol. The highest BCUT2D eigenvalue weighted by Crippen LogP contribution is 2.24. The molecule has 1 atom stereocenters. The summed E-state index contributed by atoms with van der Waals surface area (Å²) in [6, 6.07) is 0. The number of hydrogen-bond donors (Lipinski definition) is 0. The van der Waals surface area contributed by atoms with Crippen molar-refractivity contribution in [2.45, 2.75) is 12.8 Å². The van der Waals surface area contributed by atoms with E-state index in [0.717, 1.165) is 37.3 Å². The fourth-order valence-corrected chi connectivity index (χ4v) is 2.38. The van der Waals surface area contributed by atoms with Gasteiger partial charge in [0.05, 0.1) is 0 Å². The maximum absolute atomic E-state index is 5.75. The van der Waals surface area contributed by atoms with Crippen molar-refractivity contribution in [3.05, 3.63) is 12.4 Å². The number of hydrogen-bond acceptors (Lipinski definition) is 2. The Balaban J connectivity index is 1.99. The van der Waals surface area contributed by atoms with Gasteiger partial charge < -0.3 is 9.47 Å². The molecule has 1 saturated heterocycles. The Bertz CT molecular complexity index is 297. The average molecular weight is 214 g/mol. The highest BCUT2D eigenvalue weighted by molar-refractivity contribution is 6.17. The molecule has 1 aromatic heterocycles. The molecule has 0 amide bonds. The Morgan fingerprint density at radius 3 is 3.14 bits per heavy atom. The lowest BCUT2D eigenvalue weighted by Crippen LogP contribution is -2.22. The van der Waals surface area contributed by atoms with Crippen LogP contribution in [0, 0.1) is 5.92 Å². The number of aromatic nitrogens is 2. The average Bonchev–Trinajstić information content (AvgIpc) is 2.74. The first-order valence-electron chi connectivity index (χ1n) is 5.09. The Morgan fingerprint density at radius 1 is 1.64 bits per heavy atom.